The smallest absolute Gasteiger partial charge is 0.147 e. The third-order valence-electron chi connectivity index (χ3n) is 6.26. The number of ether oxygens (including phenoxy) is 1. The fourth-order valence-corrected chi connectivity index (χ4v) is 4.62. The highest BCUT2D eigenvalue weighted by Crippen LogP contribution is 2.31. The number of morpholine rings is 1. The molecule has 4 heterocycles. The number of hydrogen-bond donors (Lipinski definition) is 1. The van der Waals surface area contributed by atoms with Crippen LogP contribution in [0.5, 0.6) is 0 Å². The topological polar surface area (TPSA) is 66.4 Å². The van der Waals surface area contributed by atoms with Gasteiger partial charge in [-0.1, -0.05) is 35.9 Å². The third kappa shape index (κ3) is 5.06. The van der Waals surface area contributed by atoms with Gasteiger partial charge in [-0.3, -0.25) is 4.90 Å². The van der Waals surface area contributed by atoms with Crippen molar-refractivity contribution in [3.63, 3.8) is 0 Å². The number of hydrogen-bond acceptors (Lipinski definition) is 7. The minimum Gasteiger partial charge on any atom is -0.379 e. The Labute approximate surface area is 205 Å². The first-order chi connectivity index (χ1) is 16.6. The Morgan fingerprint density at radius 2 is 1.91 bits per heavy atom. The van der Waals surface area contributed by atoms with Crippen LogP contribution in [0.25, 0.3) is 5.57 Å². The number of benzene rings is 1. The molecule has 0 atom stereocenters. The molecule has 1 saturated heterocycles. The molecule has 2 aliphatic heterocycles. The van der Waals surface area contributed by atoms with Crippen molar-refractivity contribution in [3.05, 3.63) is 76.8 Å². The minimum absolute atomic E-state index is 0.647. The van der Waals surface area contributed by atoms with Gasteiger partial charge in [-0.25, -0.2) is 15.0 Å². The molecule has 1 N–H and O–H groups in total. The maximum Gasteiger partial charge on any atom is 0.147 e. The van der Waals surface area contributed by atoms with E-state index in [-0.39, 0.29) is 0 Å². The predicted octanol–water partition coefficient (Wildman–Crippen LogP) is 4.70. The van der Waals surface area contributed by atoms with E-state index >= 15 is 0 Å². The largest absolute Gasteiger partial charge is 0.379 e. The van der Waals surface area contributed by atoms with Crippen LogP contribution >= 0.6 is 11.6 Å². The molecule has 5 rings (SSSR count). The van der Waals surface area contributed by atoms with Crippen LogP contribution in [-0.4, -0.2) is 52.7 Å². The highest BCUT2D eigenvalue weighted by Gasteiger charge is 2.25. The van der Waals surface area contributed by atoms with E-state index in [0.29, 0.717) is 18.1 Å². The zero-order valence-corrected chi connectivity index (χ0v) is 20.2. The second kappa shape index (κ2) is 10.1. The molecule has 0 unspecified atom stereocenters. The second-order valence-corrected chi connectivity index (χ2v) is 9.17. The first-order valence-corrected chi connectivity index (χ1v) is 12.0. The lowest BCUT2D eigenvalue weighted by atomic mass is 10.0. The summed E-state index contributed by atoms with van der Waals surface area (Å²) in [6, 6.07) is 12.0. The van der Waals surface area contributed by atoms with Gasteiger partial charge in [0.25, 0.3) is 0 Å². The molecule has 0 saturated carbocycles. The molecule has 0 aliphatic carbocycles. The van der Waals surface area contributed by atoms with Crippen molar-refractivity contribution in [1.29, 1.82) is 0 Å². The van der Waals surface area contributed by atoms with E-state index in [4.69, 9.17) is 26.3 Å². The van der Waals surface area contributed by atoms with Gasteiger partial charge in [-0.2, -0.15) is 0 Å². The van der Waals surface area contributed by atoms with Gasteiger partial charge in [-0.15, -0.1) is 0 Å². The molecule has 34 heavy (non-hydrogen) atoms. The number of aromatic nitrogens is 3. The number of fused-ring (bicyclic) bond motifs is 1. The lowest BCUT2D eigenvalue weighted by molar-refractivity contribution is 0.0330. The SMILES string of the molecule is C=C(C)c1ccc(Nc2nc(CN3CCOCC3)nc3c2CCN(c2ncccc2Cl)C3)cc1. The fourth-order valence-electron chi connectivity index (χ4n) is 4.38. The van der Waals surface area contributed by atoms with Crippen LogP contribution in [0.3, 0.4) is 0 Å². The Kier molecular flexibility index (Phi) is 6.76. The van der Waals surface area contributed by atoms with Crippen LogP contribution in [0.4, 0.5) is 17.3 Å². The first kappa shape index (κ1) is 22.8. The lowest BCUT2D eigenvalue weighted by Crippen LogP contribution is -2.37. The molecule has 0 spiro atoms. The molecule has 1 fully saturated rings. The molecule has 176 valence electrons. The van der Waals surface area contributed by atoms with Gasteiger partial charge in [-0.05, 0) is 43.2 Å². The summed E-state index contributed by atoms with van der Waals surface area (Å²) >= 11 is 6.44. The van der Waals surface area contributed by atoms with Crippen molar-refractivity contribution in [1.82, 2.24) is 19.9 Å². The maximum absolute atomic E-state index is 6.44. The van der Waals surface area contributed by atoms with E-state index < -0.39 is 0 Å². The van der Waals surface area contributed by atoms with Crippen molar-refractivity contribution < 1.29 is 4.74 Å². The second-order valence-electron chi connectivity index (χ2n) is 8.77. The van der Waals surface area contributed by atoms with Crippen LogP contribution in [0.1, 0.15) is 29.6 Å². The van der Waals surface area contributed by atoms with Gasteiger partial charge in [0, 0.05) is 37.1 Å². The molecule has 0 radical (unpaired) electrons. The summed E-state index contributed by atoms with van der Waals surface area (Å²) in [6.45, 7) is 11.5. The monoisotopic (exact) mass is 476 g/mol. The molecule has 2 aromatic heterocycles. The van der Waals surface area contributed by atoms with Crippen LogP contribution in [0.15, 0.2) is 49.2 Å². The average molecular weight is 477 g/mol. The van der Waals surface area contributed by atoms with Crippen molar-refractivity contribution in [3.8, 4) is 0 Å². The van der Waals surface area contributed by atoms with Crippen LogP contribution in [-0.2, 0) is 24.2 Å². The Morgan fingerprint density at radius 1 is 1.12 bits per heavy atom. The van der Waals surface area contributed by atoms with Crippen LogP contribution < -0.4 is 10.2 Å². The number of nitrogens with one attached hydrogen (secondary N) is 1. The number of halogens is 1. The summed E-state index contributed by atoms with van der Waals surface area (Å²) in [5, 5.41) is 4.21. The first-order valence-electron chi connectivity index (χ1n) is 11.6. The molecule has 1 aromatic carbocycles. The van der Waals surface area contributed by atoms with Gasteiger partial charge < -0.3 is 15.0 Å². The summed E-state index contributed by atoms with van der Waals surface area (Å²) in [6.07, 6.45) is 2.59. The Morgan fingerprint density at radius 3 is 2.65 bits per heavy atom. The highest BCUT2D eigenvalue weighted by molar-refractivity contribution is 6.32. The average Bonchev–Trinajstić information content (AvgIpc) is 2.85. The van der Waals surface area contributed by atoms with Gasteiger partial charge >= 0.3 is 0 Å². The van der Waals surface area contributed by atoms with Crippen molar-refractivity contribution in [2.24, 2.45) is 0 Å². The predicted molar refractivity (Wildman–Crippen MR) is 137 cm³/mol. The molecule has 2 aliphatic rings. The van der Waals surface area contributed by atoms with E-state index in [1.54, 1.807) is 6.20 Å². The van der Waals surface area contributed by atoms with Gasteiger partial charge in [0.2, 0.25) is 0 Å². The van der Waals surface area contributed by atoms with Gasteiger partial charge in [0.15, 0.2) is 0 Å². The van der Waals surface area contributed by atoms with Crippen molar-refractivity contribution >= 4 is 34.5 Å². The quantitative estimate of drug-likeness (QED) is 0.553. The van der Waals surface area contributed by atoms with E-state index in [9.17, 15) is 0 Å². The molecule has 0 bridgehead atoms. The Hall–Kier alpha value is -3.00. The number of allylic oxidation sites excluding steroid dienone is 1. The fraction of sp³-hybridized carbons (Fsp3) is 0.346. The van der Waals surface area contributed by atoms with E-state index in [0.717, 1.165) is 84.8 Å². The molecule has 0 amide bonds. The molecular formula is C26H29ClN6O. The highest BCUT2D eigenvalue weighted by atomic mass is 35.5. The summed E-state index contributed by atoms with van der Waals surface area (Å²) in [5.41, 5.74) is 5.35. The molecule has 3 aromatic rings. The van der Waals surface area contributed by atoms with Gasteiger partial charge in [0.1, 0.15) is 17.5 Å². The summed E-state index contributed by atoms with van der Waals surface area (Å²) < 4.78 is 5.50. The van der Waals surface area contributed by atoms with Crippen molar-refractivity contribution in [2.75, 3.05) is 43.1 Å². The van der Waals surface area contributed by atoms with E-state index in [1.165, 1.54) is 0 Å². The molecule has 8 heteroatoms. The van der Waals surface area contributed by atoms with Crippen molar-refractivity contribution in [2.45, 2.75) is 26.4 Å². The van der Waals surface area contributed by atoms with E-state index in [2.05, 4.69) is 50.9 Å². The Bertz CT molecular complexity index is 1180. The minimum atomic E-state index is 0.647. The number of rotatable bonds is 6. The number of pyridine rings is 1. The summed E-state index contributed by atoms with van der Waals surface area (Å²) in [5.74, 6) is 2.49. The molecule has 7 nitrogen and oxygen atoms in total. The lowest BCUT2D eigenvalue weighted by Gasteiger charge is -2.31. The van der Waals surface area contributed by atoms with Crippen LogP contribution in [0, 0.1) is 0 Å². The molecular weight excluding hydrogens is 448 g/mol. The zero-order valence-electron chi connectivity index (χ0n) is 19.4. The van der Waals surface area contributed by atoms with E-state index in [1.807, 2.05) is 19.1 Å². The summed E-state index contributed by atoms with van der Waals surface area (Å²) in [4.78, 5) is 19.0. The van der Waals surface area contributed by atoms with Gasteiger partial charge in [0.05, 0.1) is 37.0 Å². The standard InChI is InChI=1S/C26H29ClN6O/c1-18(2)19-5-7-20(8-6-19)29-25-21-9-11-33(26-22(27)4-3-10-28-26)16-23(21)30-24(31-25)17-32-12-14-34-15-13-32/h3-8,10H,1,9,11-17H2,2H3,(H,29,30,31). The normalized spacial score (nSPS) is 16.2. The summed E-state index contributed by atoms with van der Waals surface area (Å²) in [7, 11) is 0. The zero-order chi connectivity index (χ0) is 23.5. The maximum atomic E-state index is 6.44. The number of nitrogens with zero attached hydrogens (tertiary/aromatic N) is 5. The Balaban J connectivity index is 1.46. The van der Waals surface area contributed by atoms with Crippen LogP contribution in [0.2, 0.25) is 5.02 Å². The number of anilines is 3. The third-order valence-corrected chi connectivity index (χ3v) is 6.55.